The van der Waals surface area contributed by atoms with E-state index in [1.165, 1.54) is 0 Å². The second-order valence-corrected chi connectivity index (χ2v) is 5.37. The molecule has 0 amide bonds. The average Bonchev–Trinajstić information content (AvgIpc) is 2.84. The van der Waals surface area contributed by atoms with Crippen molar-refractivity contribution in [2.24, 2.45) is 0 Å². The second kappa shape index (κ2) is 3.60. The first kappa shape index (κ1) is 12.7. The normalized spacial score (nSPS) is 31.7. The lowest BCUT2D eigenvalue weighted by atomic mass is 9.83. The predicted molar refractivity (Wildman–Crippen MR) is 60.8 cm³/mol. The molecule has 0 spiro atoms. The number of rotatable bonds is 1. The highest BCUT2D eigenvalue weighted by Gasteiger charge is 2.60. The summed E-state index contributed by atoms with van der Waals surface area (Å²) in [5.41, 5.74) is -1.60. The molecule has 0 aromatic heterocycles. The van der Waals surface area contributed by atoms with Crippen LogP contribution < -0.4 is 0 Å². The van der Waals surface area contributed by atoms with Crippen LogP contribution in [0.3, 0.4) is 0 Å². The molecule has 1 aromatic carbocycles. The monoisotopic (exact) mass is 272 g/mol. The highest BCUT2D eigenvalue weighted by molar-refractivity contribution is 5.52. The zero-order valence-electron chi connectivity index (χ0n) is 10.2. The van der Waals surface area contributed by atoms with Gasteiger partial charge in [-0.3, -0.25) is 0 Å². The van der Waals surface area contributed by atoms with Gasteiger partial charge in [0, 0.05) is 23.0 Å². The third-order valence-electron chi connectivity index (χ3n) is 4.53. The van der Waals surface area contributed by atoms with Crippen molar-refractivity contribution in [2.75, 3.05) is 0 Å². The van der Waals surface area contributed by atoms with E-state index in [1.807, 2.05) is 0 Å². The first-order valence-corrected chi connectivity index (χ1v) is 6.05. The molecule has 2 atom stereocenters. The molecule has 1 nitrogen and oxygen atoms in total. The van der Waals surface area contributed by atoms with Crippen molar-refractivity contribution < 1.29 is 22.7 Å². The average molecular weight is 272 g/mol. The minimum atomic E-state index is -1.81. The Bertz CT molecular complexity index is 565. The molecule has 0 radical (unpaired) electrons. The minimum Gasteiger partial charge on any atom is -0.384 e. The molecule has 2 aliphatic rings. The van der Waals surface area contributed by atoms with Crippen LogP contribution in [0.15, 0.2) is 12.2 Å². The van der Waals surface area contributed by atoms with E-state index < -0.39 is 40.7 Å². The van der Waals surface area contributed by atoms with Gasteiger partial charge in [-0.1, -0.05) is 6.58 Å². The number of benzene rings is 1. The van der Waals surface area contributed by atoms with E-state index in [0.29, 0.717) is 18.4 Å². The molecule has 1 saturated carbocycles. The lowest BCUT2D eigenvalue weighted by Gasteiger charge is -2.29. The number of halogens is 4. The highest BCUT2D eigenvalue weighted by atomic mass is 19.2. The fraction of sp³-hybridized carbons (Fsp3) is 0.429. The van der Waals surface area contributed by atoms with Crippen molar-refractivity contribution in [3.63, 3.8) is 0 Å². The quantitative estimate of drug-likeness (QED) is 0.359. The Balaban J connectivity index is 2.35. The van der Waals surface area contributed by atoms with Crippen LogP contribution in [-0.2, 0) is 0 Å². The third-order valence-corrected chi connectivity index (χ3v) is 4.53. The molecule has 3 rings (SSSR count). The van der Waals surface area contributed by atoms with E-state index >= 15 is 0 Å². The molecule has 19 heavy (non-hydrogen) atoms. The molecule has 2 aliphatic carbocycles. The van der Waals surface area contributed by atoms with Gasteiger partial charge in [0.25, 0.3) is 0 Å². The fourth-order valence-electron chi connectivity index (χ4n) is 3.69. The molecular formula is C14H12F4O. The molecular weight excluding hydrogens is 260 g/mol. The summed E-state index contributed by atoms with van der Waals surface area (Å²) >= 11 is 0. The van der Waals surface area contributed by atoms with Crippen molar-refractivity contribution in [2.45, 2.75) is 37.2 Å². The Morgan fingerprint density at radius 2 is 1.37 bits per heavy atom. The lowest BCUT2D eigenvalue weighted by molar-refractivity contribution is 0.0625. The van der Waals surface area contributed by atoms with Crippen molar-refractivity contribution >= 4 is 0 Å². The lowest BCUT2D eigenvalue weighted by Crippen LogP contribution is -2.33. The van der Waals surface area contributed by atoms with Gasteiger partial charge in [-0.05, 0) is 25.3 Å². The van der Waals surface area contributed by atoms with E-state index in [1.54, 1.807) is 6.92 Å². The van der Waals surface area contributed by atoms with Crippen LogP contribution >= 0.6 is 0 Å². The number of aliphatic hydroxyl groups is 1. The molecule has 1 N–H and O–H groups in total. The van der Waals surface area contributed by atoms with Crippen LogP contribution in [0.5, 0.6) is 0 Å². The van der Waals surface area contributed by atoms with Crippen molar-refractivity contribution in [1.29, 1.82) is 0 Å². The molecule has 2 unspecified atom stereocenters. The number of hydrogen-bond acceptors (Lipinski definition) is 1. The first-order valence-electron chi connectivity index (χ1n) is 6.05. The molecule has 1 fully saturated rings. The van der Waals surface area contributed by atoms with Crippen molar-refractivity contribution in [1.82, 2.24) is 0 Å². The summed E-state index contributed by atoms with van der Waals surface area (Å²) in [6.45, 7) is 5.21. The summed E-state index contributed by atoms with van der Waals surface area (Å²) in [5, 5.41) is 10.6. The van der Waals surface area contributed by atoms with E-state index in [9.17, 15) is 22.7 Å². The third kappa shape index (κ3) is 1.24. The predicted octanol–water partition coefficient (Wildman–Crippen LogP) is 3.52. The first-order chi connectivity index (χ1) is 8.81. The summed E-state index contributed by atoms with van der Waals surface area (Å²) in [6, 6.07) is 0. The van der Waals surface area contributed by atoms with Gasteiger partial charge in [0.1, 0.15) is 0 Å². The number of fused-ring (bicyclic) bond motifs is 5. The van der Waals surface area contributed by atoms with Crippen molar-refractivity contribution in [3.8, 4) is 0 Å². The number of hydrogen-bond donors (Lipinski definition) is 1. The molecule has 0 heterocycles. The van der Waals surface area contributed by atoms with Crippen LogP contribution in [0.25, 0.3) is 0 Å². The van der Waals surface area contributed by atoms with Gasteiger partial charge in [-0.2, -0.15) is 0 Å². The van der Waals surface area contributed by atoms with Crippen LogP contribution in [0.1, 0.15) is 42.7 Å². The van der Waals surface area contributed by atoms with E-state index in [2.05, 4.69) is 6.58 Å². The summed E-state index contributed by atoms with van der Waals surface area (Å²) in [5.74, 6) is -7.91. The summed E-state index contributed by atoms with van der Waals surface area (Å²) < 4.78 is 54.4. The summed E-state index contributed by atoms with van der Waals surface area (Å²) in [6.07, 6.45) is 0.810. The van der Waals surface area contributed by atoms with E-state index in [4.69, 9.17) is 0 Å². The Kier molecular flexibility index (Phi) is 2.40. The summed E-state index contributed by atoms with van der Waals surface area (Å²) in [4.78, 5) is 0. The minimum absolute atomic E-state index is 0.224. The van der Waals surface area contributed by atoms with Crippen LogP contribution in [0.4, 0.5) is 17.6 Å². The second-order valence-electron chi connectivity index (χ2n) is 5.37. The van der Waals surface area contributed by atoms with Gasteiger partial charge in [-0.25, -0.2) is 17.6 Å². The van der Waals surface area contributed by atoms with E-state index in [-0.39, 0.29) is 11.1 Å². The molecule has 102 valence electrons. The Morgan fingerprint density at radius 3 is 1.68 bits per heavy atom. The zero-order valence-corrected chi connectivity index (χ0v) is 10.2. The van der Waals surface area contributed by atoms with Gasteiger partial charge < -0.3 is 5.11 Å². The Hall–Kier alpha value is -1.36. The standard InChI is InChI=1S/C14H12F4O/c1-5(2)14(19)6-3-4-7(14)9-8(6)10(15)12(17)13(18)11(9)16/h6-7,19H,1,3-4H2,2H3. The Labute approximate surface area is 107 Å². The van der Waals surface area contributed by atoms with Gasteiger partial charge in [-0.15, -0.1) is 0 Å². The highest BCUT2D eigenvalue weighted by Crippen LogP contribution is 2.63. The van der Waals surface area contributed by atoms with Crippen LogP contribution in [0, 0.1) is 23.3 Å². The van der Waals surface area contributed by atoms with Crippen molar-refractivity contribution in [3.05, 3.63) is 46.5 Å². The van der Waals surface area contributed by atoms with Crippen LogP contribution in [-0.4, -0.2) is 10.7 Å². The van der Waals surface area contributed by atoms with Crippen LogP contribution in [0.2, 0.25) is 0 Å². The van der Waals surface area contributed by atoms with Gasteiger partial charge in [0.2, 0.25) is 0 Å². The summed E-state index contributed by atoms with van der Waals surface area (Å²) in [7, 11) is 0. The Morgan fingerprint density at radius 1 is 1.00 bits per heavy atom. The van der Waals surface area contributed by atoms with E-state index in [0.717, 1.165) is 0 Å². The molecule has 5 heteroatoms. The van der Waals surface area contributed by atoms with Gasteiger partial charge in [0.05, 0.1) is 5.60 Å². The zero-order chi connectivity index (χ0) is 14.1. The molecule has 1 aromatic rings. The molecule has 0 aliphatic heterocycles. The maximum atomic E-state index is 13.9. The van der Waals surface area contributed by atoms with Gasteiger partial charge in [0.15, 0.2) is 23.3 Å². The largest absolute Gasteiger partial charge is 0.384 e. The molecule has 2 bridgehead atoms. The topological polar surface area (TPSA) is 20.2 Å². The molecule has 0 saturated heterocycles. The maximum absolute atomic E-state index is 13.9. The maximum Gasteiger partial charge on any atom is 0.197 e. The SMILES string of the molecule is C=C(C)C1(O)C2CCC1c1c(F)c(F)c(F)c(F)c12. The van der Waals surface area contributed by atoms with Gasteiger partial charge >= 0.3 is 0 Å². The smallest absolute Gasteiger partial charge is 0.197 e. The fourth-order valence-corrected chi connectivity index (χ4v) is 3.69.